The van der Waals surface area contributed by atoms with E-state index in [0.717, 1.165) is 11.4 Å². The molecule has 0 aliphatic heterocycles. The molecule has 124 valence electrons. The summed E-state index contributed by atoms with van der Waals surface area (Å²) in [6.07, 6.45) is 0.746. The van der Waals surface area contributed by atoms with Gasteiger partial charge in [0.25, 0.3) is 5.91 Å². The van der Waals surface area contributed by atoms with Gasteiger partial charge in [0.15, 0.2) is 0 Å². The zero-order valence-corrected chi connectivity index (χ0v) is 14.7. The van der Waals surface area contributed by atoms with Crippen LogP contribution in [-0.2, 0) is 6.61 Å². The molecule has 0 saturated carbocycles. The van der Waals surface area contributed by atoms with Gasteiger partial charge in [-0.3, -0.25) is 4.79 Å². The van der Waals surface area contributed by atoms with Crippen LogP contribution in [0.4, 0.5) is 0 Å². The molecule has 23 heavy (non-hydrogen) atoms. The summed E-state index contributed by atoms with van der Waals surface area (Å²) in [5.41, 5.74) is 6.38. The number of benzene rings is 1. The number of hydrogen-bond donors (Lipinski definition) is 2. The molecule has 0 bridgehead atoms. The Hall–Kier alpha value is -1.63. The van der Waals surface area contributed by atoms with Crippen molar-refractivity contribution in [3.05, 3.63) is 44.9 Å². The molecule has 0 radical (unpaired) electrons. The number of ether oxygens (including phenoxy) is 1. The van der Waals surface area contributed by atoms with Gasteiger partial charge in [-0.2, -0.15) is 0 Å². The number of nitrogens with two attached hydrogens (primary N) is 1. The number of hydrogen-bond acceptors (Lipinski definition) is 5. The summed E-state index contributed by atoms with van der Waals surface area (Å²) in [6, 6.07) is 7.19. The standard InChI is InChI=1S/C16H20ClN3O2S/c1-10(18)7-8-19-16(21)15-11(2)20-14(23-15)9-22-13-5-3-12(17)4-6-13/h3-6,10H,7-9,18H2,1-2H3,(H,19,21). The van der Waals surface area contributed by atoms with Crippen molar-refractivity contribution < 1.29 is 9.53 Å². The highest BCUT2D eigenvalue weighted by molar-refractivity contribution is 7.13. The number of aryl methyl sites for hydroxylation is 1. The second kappa shape index (κ2) is 8.29. The van der Waals surface area contributed by atoms with Gasteiger partial charge in [0, 0.05) is 17.6 Å². The highest BCUT2D eigenvalue weighted by Gasteiger charge is 2.15. The van der Waals surface area contributed by atoms with Crippen molar-refractivity contribution in [1.29, 1.82) is 0 Å². The highest BCUT2D eigenvalue weighted by atomic mass is 35.5. The lowest BCUT2D eigenvalue weighted by Crippen LogP contribution is -2.28. The number of carbonyl (C=O) groups excluding carboxylic acids is 1. The molecule has 2 aromatic rings. The average molecular weight is 354 g/mol. The third-order valence-electron chi connectivity index (χ3n) is 3.11. The molecule has 2 rings (SSSR count). The number of rotatable bonds is 7. The zero-order valence-electron chi connectivity index (χ0n) is 13.1. The molecule has 5 nitrogen and oxygen atoms in total. The monoisotopic (exact) mass is 353 g/mol. The van der Waals surface area contributed by atoms with E-state index < -0.39 is 0 Å². The molecule has 1 heterocycles. The van der Waals surface area contributed by atoms with Crippen LogP contribution >= 0.6 is 22.9 Å². The van der Waals surface area contributed by atoms with Crippen LogP contribution in [0.1, 0.15) is 33.7 Å². The predicted molar refractivity (Wildman–Crippen MR) is 93.2 cm³/mol. The molecule has 1 unspecified atom stereocenters. The Bertz CT molecular complexity index is 656. The van der Waals surface area contributed by atoms with E-state index in [4.69, 9.17) is 22.1 Å². The van der Waals surface area contributed by atoms with Crippen molar-refractivity contribution >= 4 is 28.8 Å². The van der Waals surface area contributed by atoms with Crippen molar-refractivity contribution in [2.75, 3.05) is 6.54 Å². The Morgan fingerprint density at radius 3 is 2.78 bits per heavy atom. The van der Waals surface area contributed by atoms with Crippen molar-refractivity contribution in [2.24, 2.45) is 5.73 Å². The Balaban J connectivity index is 1.92. The van der Waals surface area contributed by atoms with Gasteiger partial charge in [0.05, 0.1) is 5.69 Å². The van der Waals surface area contributed by atoms with Gasteiger partial charge in [-0.1, -0.05) is 11.6 Å². The molecular formula is C16H20ClN3O2S. The van der Waals surface area contributed by atoms with Crippen LogP contribution < -0.4 is 15.8 Å². The quantitative estimate of drug-likeness (QED) is 0.801. The Kier molecular flexibility index (Phi) is 6.38. The number of nitrogens with zero attached hydrogens (tertiary/aromatic N) is 1. The first-order chi connectivity index (χ1) is 11.0. The van der Waals surface area contributed by atoms with Crippen LogP contribution in [0.15, 0.2) is 24.3 Å². The summed E-state index contributed by atoms with van der Waals surface area (Å²) in [7, 11) is 0. The second-order valence-corrected chi connectivity index (χ2v) is 6.81. The summed E-state index contributed by atoms with van der Waals surface area (Å²) < 4.78 is 5.65. The summed E-state index contributed by atoms with van der Waals surface area (Å²) in [5, 5.41) is 4.28. The summed E-state index contributed by atoms with van der Waals surface area (Å²) in [6.45, 7) is 4.61. The topological polar surface area (TPSA) is 77.2 Å². The molecule has 0 fully saturated rings. The Morgan fingerprint density at radius 2 is 2.13 bits per heavy atom. The number of amides is 1. The maximum atomic E-state index is 12.1. The first-order valence-corrected chi connectivity index (χ1v) is 8.53. The molecule has 3 N–H and O–H groups in total. The average Bonchev–Trinajstić information content (AvgIpc) is 2.87. The lowest BCUT2D eigenvalue weighted by molar-refractivity contribution is 0.0956. The van der Waals surface area contributed by atoms with Crippen LogP contribution in [0.25, 0.3) is 0 Å². The van der Waals surface area contributed by atoms with Crippen molar-refractivity contribution in [3.8, 4) is 5.75 Å². The Labute approximate surface area is 144 Å². The smallest absolute Gasteiger partial charge is 0.263 e. The number of thiazole rings is 1. The van der Waals surface area contributed by atoms with Gasteiger partial charge in [0.2, 0.25) is 0 Å². The molecule has 0 spiro atoms. The van der Waals surface area contributed by atoms with Crippen LogP contribution in [0.2, 0.25) is 5.02 Å². The number of nitrogens with one attached hydrogen (secondary N) is 1. The molecule has 1 aromatic heterocycles. The normalized spacial score (nSPS) is 12.0. The zero-order chi connectivity index (χ0) is 16.8. The minimum atomic E-state index is -0.113. The van der Waals surface area contributed by atoms with Crippen LogP contribution in [0, 0.1) is 6.92 Å². The van der Waals surface area contributed by atoms with Gasteiger partial charge in [0.1, 0.15) is 22.2 Å². The van der Waals surface area contributed by atoms with E-state index in [-0.39, 0.29) is 11.9 Å². The summed E-state index contributed by atoms with van der Waals surface area (Å²) >= 11 is 7.17. The van der Waals surface area contributed by atoms with Crippen LogP contribution in [0.5, 0.6) is 5.75 Å². The molecule has 1 atom stereocenters. The fourth-order valence-electron chi connectivity index (χ4n) is 1.89. The predicted octanol–water partition coefficient (Wildman–Crippen LogP) is 3.15. The SMILES string of the molecule is Cc1nc(COc2ccc(Cl)cc2)sc1C(=O)NCCC(C)N. The second-order valence-electron chi connectivity index (χ2n) is 5.29. The van der Waals surface area contributed by atoms with Crippen LogP contribution in [0.3, 0.4) is 0 Å². The lowest BCUT2D eigenvalue weighted by Gasteiger charge is -2.06. The maximum absolute atomic E-state index is 12.1. The first-order valence-electron chi connectivity index (χ1n) is 7.34. The van der Waals surface area contributed by atoms with Gasteiger partial charge < -0.3 is 15.8 Å². The van der Waals surface area contributed by atoms with E-state index in [1.807, 2.05) is 13.8 Å². The summed E-state index contributed by atoms with van der Waals surface area (Å²) in [4.78, 5) is 17.1. The third kappa shape index (κ3) is 5.49. The van der Waals surface area contributed by atoms with E-state index in [2.05, 4.69) is 10.3 Å². The Morgan fingerprint density at radius 1 is 1.43 bits per heavy atom. The molecular weight excluding hydrogens is 334 g/mol. The van der Waals surface area contributed by atoms with Crippen molar-refractivity contribution in [1.82, 2.24) is 10.3 Å². The number of halogens is 1. The van der Waals surface area contributed by atoms with Crippen LogP contribution in [-0.4, -0.2) is 23.5 Å². The van der Waals surface area contributed by atoms with E-state index in [0.29, 0.717) is 34.5 Å². The maximum Gasteiger partial charge on any atom is 0.263 e. The fraction of sp³-hybridized carbons (Fsp3) is 0.375. The minimum Gasteiger partial charge on any atom is -0.486 e. The van der Waals surface area contributed by atoms with Gasteiger partial charge in [-0.25, -0.2) is 4.98 Å². The van der Waals surface area contributed by atoms with Gasteiger partial charge in [-0.05, 0) is 44.5 Å². The number of aromatic nitrogens is 1. The molecule has 0 aliphatic rings. The summed E-state index contributed by atoms with van der Waals surface area (Å²) in [5.74, 6) is 0.601. The van der Waals surface area contributed by atoms with E-state index >= 15 is 0 Å². The van der Waals surface area contributed by atoms with Crippen molar-refractivity contribution in [2.45, 2.75) is 32.9 Å². The molecule has 7 heteroatoms. The molecule has 1 amide bonds. The largest absolute Gasteiger partial charge is 0.486 e. The number of carbonyl (C=O) groups is 1. The van der Waals surface area contributed by atoms with E-state index in [1.165, 1.54) is 11.3 Å². The lowest BCUT2D eigenvalue weighted by atomic mass is 10.2. The highest BCUT2D eigenvalue weighted by Crippen LogP contribution is 2.21. The fourth-order valence-corrected chi connectivity index (χ4v) is 2.91. The first kappa shape index (κ1) is 17.7. The van der Waals surface area contributed by atoms with Crippen molar-refractivity contribution in [3.63, 3.8) is 0 Å². The van der Waals surface area contributed by atoms with Gasteiger partial charge in [-0.15, -0.1) is 11.3 Å². The molecule has 0 saturated heterocycles. The third-order valence-corrected chi connectivity index (χ3v) is 4.49. The molecule has 0 aliphatic carbocycles. The van der Waals surface area contributed by atoms with E-state index in [9.17, 15) is 4.79 Å². The molecule has 1 aromatic carbocycles. The van der Waals surface area contributed by atoms with Gasteiger partial charge >= 0.3 is 0 Å². The minimum absolute atomic E-state index is 0.0706. The van der Waals surface area contributed by atoms with E-state index in [1.54, 1.807) is 24.3 Å².